The fraction of sp³-hybridized carbons (Fsp3) is 0.0417. The highest BCUT2D eigenvalue weighted by Crippen LogP contribution is 2.24. The molecule has 0 radical (unpaired) electrons. The van der Waals surface area contributed by atoms with Gasteiger partial charge >= 0.3 is 0 Å². The zero-order chi connectivity index (χ0) is 22.9. The number of rotatable bonds is 7. The molecule has 32 heavy (non-hydrogen) atoms. The van der Waals surface area contributed by atoms with E-state index >= 15 is 0 Å². The van der Waals surface area contributed by atoms with Crippen molar-refractivity contribution < 1.29 is 18.7 Å². The highest BCUT2D eigenvalue weighted by atomic mass is 35.5. The highest BCUT2D eigenvalue weighted by molar-refractivity contribution is 6.34. The monoisotopic (exact) mass is 449 g/mol. The summed E-state index contributed by atoms with van der Waals surface area (Å²) in [5.74, 6) is -1.19. The summed E-state index contributed by atoms with van der Waals surface area (Å²) < 4.78 is 18.5. The molecule has 0 saturated heterocycles. The largest absolute Gasteiger partial charge is 0.483 e. The first-order valence-corrected chi connectivity index (χ1v) is 9.79. The summed E-state index contributed by atoms with van der Waals surface area (Å²) in [4.78, 5) is 24.6. The molecule has 2 N–H and O–H groups in total. The first kappa shape index (κ1) is 22.5. The third kappa shape index (κ3) is 6.17. The lowest BCUT2D eigenvalue weighted by atomic mass is 10.1. The predicted octanol–water partition coefficient (Wildman–Crippen LogP) is 5.04. The number of anilines is 2. The van der Waals surface area contributed by atoms with Crippen LogP contribution in [-0.4, -0.2) is 18.4 Å². The van der Waals surface area contributed by atoms with Gasteiger partial charge in [0.05, 0.1) is 10.7 Å². The molecule has 0 aliphatic carbocycles. The van der Waals surface area contributed by atoms with Gasteiger partial charge in [-0.15, -0.1) is 0 Å². The van der Waals surface area contributed by atoms with Crippen LogP contribution in [0.15, 0.2) is 78.4 Å². The molecule has 0 aromatic heterocycles. The number of amides is 2. The molecule has 0 atom stereocenters. The molecule has 0 unspecified atom stereocenters. The Balaban J connectivity index is 1.70. The van der Waals surface area contributed by atoms with E-state index in [0.717, 1.165) is 0 Å². The summed E-state index contributed by atoms with van der Waals surface area (Å²) in [5.41, 5.74) is 1.07. The molecule has 0 aliphatic rings. The molecule has 0 heterocycles. The van der Waals surface area contributed by atoms with Crippen LogP contribution in [0.2, 0.25) is 5.02 Å². The molecule has 3 rings (SSSR count). The lowest BCUT2D eigenvalue weighted by Crippen LogP contribution is -2.20. The van der Waals surface area contributed by atoms with Crippen molar-refractivity contribution in [3.63, 3.8) is 0 Å². The van der Waals surface area contributed by atoms with Crippen LogP contribution in [0.5, 0.6) is 5.75 Å². The molecule has 0 bridgehead atoms. The number of nitrogens with one attached hydrogen (secondary N) is 2. The summed E-state index contributed by atoms with van der Waals surface area (Å²) in [6.07, 6.45) is 1.36. The minimum absolute atomic E-state index is 0.170. The highest BCUT2D eigenvalue weighted by Gasteiger charge is 2.13. The van der Waals surface area contributed by atoms with Gasteiger partial charge in [-0.3, -0.25) is 9.59 Å². The second kappa shape index (κ2) is 10.8. The quantitative estimate of drug-likeness (QED) is 0.390. The van der Waals surface area contributed by atoms with E-state index in [2.05, 4.69) is 10.6 Å². The van der Waals surface area contributed by atoms with Gasteiger partial charge in [0, 0.05) is 11.3 Å². The van der Waals surface area contributed by atoms with Gasteiger partial charge in [-0.25, -0.2) is 4.39 Å². The van der Waals surface area contributed by atoms with Crippen LogP contribution in [0.3, 0.4) is 0 Å². The molecule has 0 fully saturated rings. The van der Waals surface area contributed by atoms with Gasteiger partial charge in [0.25, 0.3) is 11.8 Å². The number of hydrogen-bond acceptors (Lipinski definition) is 4. The maximum absolute atomic E-state index is 13.0. The van der Waals surface area contributed by atoms with Crippen molar-refractivity contribution in [1.82, 2.24) is 0 Å². The van der Waals surface area contributed by atoms with Gasteiger partial charge in [-0.05, 0) is 48.5 Å². The minimum atomic E-state index is -0.635. The molecule has 3 aromatic rings. The van der Waals surface area contributed by atoms with E-state index in [4.69, 9.17) is 16.3 Å². The van der Waals surface area contributed by atoms with Crippen molar-refractivity contribution in [3.8, 4) is 11.8 Å². The van der Waals surface area contributed by atoms with E-state index in [0.29, 0.717) is 27.7 Å². The molecule has 0 saturated carbocycles. The number of hydrogen-bond donors (Lipinski definition) is 2. The standard InChI is InChI=1S/C24H17ClFN3O3/c25-20-6-2-3-7-21(20)29-24(31)17(14-27)13-16-5-1-4-8-22(16)32-15-23(30)28-19-11-9-18(26)10-12-19/h1-13H,15H2,(H,28,30)(H,29,31)/b17-13+. The van der Waals surface area contributed by atoms with Crippen molar-refractivity contribution >= 4 is 40.9 Å². The first-order valence-electron chi connectivity index (χ1n) is 9.41. The Kier molecular flexibility index (Phi) is 7.57. The molecule has 160 valence electrons. The van der Waals surface area contributed by atoms with Crippen LogP contribution in [0.4, 0.5) is 15.8 Å². The van der Waals surface area contributed by atoms with Crippen LogP contribution < -0.4 is 15.4 Å². The van der Waals surface area contributed by atoms with Gasteiger partial charge < -0.3 is 15.4 Å². The van der Waals surface area contributed by atoms with Crippen molar-refractivity contribution in [2.45, 2.75) is 0 Å². The number of para-hydroxylation sites is 2. The van der Waals surface area contributed by atoms with Crippen LogP contribution >= 0.6 is 11.6 Å². The smallest absolute Gasteiger partial charge is 0.266 e. The summed E-state index contributed by atoms with van der Waals surface area (Å²) >= 11 is 6.04. The Morgan fingerprint density at radius 1 is 1.00 bits per heavy atom. The molecule has 8 heteroatoms. The van der Waals surface area contributed by atoms with Crippen LogP contribution in [0.1, 0.15) is 5.56 Å². The SMILES string of the molecule is N#C/C(=C\c1ccccc1OCC(=O)Nc1ccc(F)cc1)C(=O)Nc1ccccc1Cl. The van der Waals surface area contributed by atoms with Gasteiger partial charge in [0.15, 0.2) is 6.61 Å². The van der Waals surface area contributed by atoms with Gasteiger partial charge in [0.2, 0.25) is 0 Å². The summed E-state index contributed by atoms with van der Waals surface area (Å²) in [6, 6.07) is 20.5. The maximum Gasteiger partial charge on any atom is 0.266 e. The molecule has 0 spiro atoms. The molecule has 0 aliphatic heterocycles. The molecule has 3 aromatic carbocycles. The van der Waals surface area contributed by atoms with Gasteiger partial charge in [0.1, 0.15) is 23.2 Å². The van der Waals surface area contributed by atoms with Gasteiger partial charge in [-0.1, -0.05) is 41.9 Å². The van der Waals surface area contributed by atoms with E-state index in [1.807, 2.05) is 6.07 Å². The third-order valence-electron chi connectivity index (χ3n) is 4.19. The predicted molar refractivity (Wildman–Crippen MR) is 121 cm³/mol. The van der Waals surface area contributed by atoms with E-state index < -0.39 is 17.6 Å². The van der Waals surface area contributed by atoms with Crippen molar-refractivity contribution in [1.29, 1.82) is 5.26 Å². The van der Waals surface area contributed by atoms with E-state index in [1.165, 1.54) is 30.3 Å². The van der Waals surface area contributed by atoms with Crippen molar-refractivity contribution in [2.24, 2.45) is 0 Å². The van der Waals surface area contributed by atoms with Gasteiger partial charge in [-0.2, -0.15) is 5.26 Å². The lowest BCUT2D eigenvalue weighted by molar-refractivity contribution is -0.118. The molecule has 6 nitrogen and oxygen atoms in total. The number of carbonyl (C=O) groups excluding carboxylic acids is 2. The van der Waals surface area contributed by atoms with Crippen LogP contribution in [-0.2, 0) is 9.59 Å². The van der Waals surface area contributed by atoms with Crippen molar-refractivity contribution in [2.75, 3.05) is 17.2 Å². The fourth-order valence-corrected chi connectivity index (χ4v) is 2.84. The number of ether oxygens (including phenoxy) is 1. The first-order chi connectivity index (χ1) is 15.5. The zero-order valence-electron chi connectivity index (χ0n) is 16.6. The second-order valence-corrected chi connectivity index (χ2v) is 6.89. The second-order valence-electron chi connectivity index (χ2n) is 6.49. The fourth-order valence-electron chi connectivity index (χ4n) is 2.66. The Morgan fingerprint density at radius 3 is 2.41 bits per heavy atom. The summed E-state index contributed by atoms with van der Waals surface area (Å²) in [7, 11) is 0. The lowest BCUT2D eigenvalue weighted by Gasteiger charge is -2.10. The Morgan fingerprint density at radius 2 is 1.69 bits per heavy atom. The maximum atomic E-state index is 13.0. The molecule has 2 amide bonds. The molecular weight excluding hydrogens is 433 g/mol. The third-order valence-corrected chi connectivity index (χ3v) is 4.52. The number of carbonyl (C=O) groups is 2. The van der Waals surface area contributed by atoms with E-state index in [1.54, 1.807) is 48.5 Å². The minimum Gasteiger partial charge on any atom is -0.483 e. The average molecular weight is 450 g/mol. The van der Waals surface area contributed by atoms with Crippen LogP contribution in [0.25, 0.3) is 6.08 Å². The Labute approximate surface area is 188 Å². The summed E-state index contributed by atoms with van der Waals surface area (Å²) in [5, 5.41) is 15.0. The van der Waals surface area contributed by atoms with E-state index in [9.17, 15) is 19.2 Å². The molecular formula is C24H17ClFN3O3. The number of nitrogens with zero attached hydrogens (tertiary/aromatic N) is 1. The number of halogens is 2. The zero-order valence-corrected chi connectivity index (χ0v) is 17.4. The van der Waals surface area contributed by atoms with Crippen LogP contribution in [0, 0.1) is 17.1 Å². The number of nitriles is 1. The average Bonchev–Trinajstić information content (AvgIpc) is 2.79. The van der Waals surface area contributed by atoms with E-state index in [-0.39, 0.29) is 12.2 Å². The normalized spacial score (nSPS) is 10.7. The summed E-state index contributed by atoms with van der Waals surface area (Å²) in [6.45, 7) is -0.323. The van der Waals surface area contributed by atoms with Crippen molar-refractivity contribution in [3.05, 3.63) is 94.8 Å². The Bertz CT molecular complexity index is 1200. The topological polar surface area (TPSA) is 91.2 Å². The number of benzene rings is 3. The Hall–Kier alpha value is -4.15.